The van der Waals surface area contributed by atoms with E-state index in [1.165, 1.54) is 34.1 Å². The van der Waals surface area contributed by atoms with E-state index in [-0.39, 0.29) is 48.3 Å². The van der Waals surface area contributed by atoms with E-state index < -0.39 is 35.8 Å². The van der Waals surface area contributed by atoms with E-state index in [9.17, 15) is 27.6 Å². The van der Waals surface area contributed by atoms with Crippen LogP contribution in [0.15, 0.2) is 78.5 Å². The maximum atomic E-state index is 14.1. The molecule has 0 spiro atoms. The van der Waals surface area contributed by atoms with Crippen molar-refractivity contribution in [3.8, 4) is 0 Å². The van der Waals surface area contributed by atoms with Gasteiger partial charge in [-0.1, -0.05) is 54.6 Å². The summed E-state index contributed by atoms with van der Waals surface area (Å²) in [6, 6.07) is 11.0. The molecule has 0 bridgehead atoms. The van der Waals surface area contributed by atoms with Crippen LogP contribution >= 0.6 is 0 Å². The lowest BCUT2D eigenvalue weighted by Crippen LogP contribution is -2.51. The van der Waals surface area contributed by atoms with Crippen molar-refractivity contribution in [1.82, 2.24) is 20.0 Å². The van der Waals surface area contributed by atoms with Crippen molar-refractivity contribution in [2.75, 3.05) is 20.1 Å². The van der Waals surface area contributed by atoms with Crippen LogP contribution in [0.2, 0.25) is 0 Å². The van der Waals surface area contributed by atoms with Gasteiger partial charge in [-0.05, 0) is 31.0 Å². The molecule has 10 heteroatoms. The standard InChI is InChI=1S/C29H31F3N4O3/c1-5-15-35-23-17-36(22(26(37)34(4)18(2)3)16-19-11-7-6-8-12-19)27(38)24(23)25(33-28(35)39)20-13-9-10-14-21(20)29(30,31)32/h5-14,18,22,25H,1,15-17H2,2-4H3,(H,33,39)/t22-,25+/m0/s1. The van der Waals surface area contributed by atoms with E-state index in [1.807, 2.05) is 44.2 Å². The van der Waals surface area contributed by atoms with Gasteiger partial charge in [0.15, 0.2) is 0 Å². The smallest absolute Gasteiger partial charge is 0.342 e. The molecule has 0 unspecified atom stereocenters. The number of nitrogens with one attached hydrogen (secondary N) is 1. The summed E-state index contributed by atoms with van der Waals surface area (Å²) in [4.78, 5) is 45.1. The Balaban J connectivity index is 1.82. The molecule has 0 saturated heterocycles. The maximum absolute atomic E-state index is 14.1. The van der Waals surface area contributed by atoms with E-state index in [2.05, 4.69) is 11.9 Å². The number of hydrogen-bond donors (Lipinski definition) is 1. The van der Waals surface area contributed by atoms with E-state index in [4.69, 9.17) is 0 Å². The van der Waals surface area contributed by atoms with Crippen LogP contribution in [-0.4, -0.2) is 64.8 Å². The Morgan fingerprint density at radius 1 is 1.13 bits per heavy atom. The summed E-state index contributed by atoms with van der Waals surface area (Å²) in [6.07, 6.45) is -3.02. The van der Waals surface area contributed by atoms with Gasteiger partial charge in [-0.25, -0.2) is 4.79 Å². The number of carbonyl (C=O) groups excluding carboxylic acids is 3. The van der Waals surface area contributed by atoms with E-state index in [0.717, 1.165) is 11.6 Å². The molecule has 2 atom stereocenters. The summed E-state index contributed by atoms with van der Waals surface area (Å²) in [5.41, 5.74) is -0.0664. The van der Waals surface area contributed by atoms with Gasteiger partial charge < -0.3 is 15.1 Å². The van der Waals surface area contributed by atoms with E-state index >= 15 is 0 Å². The fourth-order valence-electron chi connectivity index (χ4n) is 4.99. The van der Waals surface area contributed by atoms with Gasteiger partial charge in [0.05, 0.1) is 29.4 Å². The molecule has 0 radical (unpaired) electrons. The van der Waals surface area contributed by atoms with Gasteiger partial charge >= 0.3 is 12.2 Å². The Morgan fingerprint density at radius 2 is 1.77 bits per heavy atom. The van der Waals surface area contributed by atoms with Gasteiger partial charge in [0, 0.05) is 26.1 Å². The molecule has 1 N–H and O–H groups in total. The van der Waals surface area contributed by atoms with Gasteiger partial charge in [-0.2, -0.15) is 13.2 Å². The van der Waals surface area contributed by atoms with Crippen LogP contribution in [0.25, 0.3) is 0 Å². The monoisotopic (exact) mass is 540 g/mol. The lowest BCUT2D eigenvalue weighted by molar-refractivity contribution is -0.143. The third kappa shape index (κ3) is 5.41. The zero-order chi connectivity index (χ0) is 28.5. The molecule has 0 aromatic heterocycles. The zero-order valence-electron chi connectivity index (χ0n) is 22.0. The average molecular weight is 541 g/mol. The quantitative estimate of drug-likeness (QED) is 0.500. The maximum Gasteiger partial charge on any atom is 0.416 e. The second-order valence-corrected chi connectivity index (χ2v) is 9.91. The topological polar surface area (TPSA) is 73.0 Å². The van der Waals surface area contributed by atoms with E-state index in [1.54, 1.807) is 11.9 Å². The Morgan fingerprint density at radius 3 is 2.38 bits per heavy atom. The molecule has 0 aliphatic carbocycles. The summed E-state index contributed by atoms with van der Waals surface area (Å²) in [5, 5.41) is 2.60. The van der Waals surface area contributed by atoms with Crippen LogP contribution in [0.4, 0.5) is 18.0 Å². The summed E-state index contributed by atoms with van der Waals surface area (Å²) in [6.45, 7) is 7.32. The van der Waals surface area contributed by atoms with Crippen molar-refractivity contribution in [3.05, 3.63) is 95.2 Å². The van der Waals surface area contributed by atoms with Gasteiger partial charge in [0.2, 0.25) is 5.91 Å². The number of rotatable bonds is 8. The first-order valence-corrected chi connectivity index (χ1v) is 12.6. The fraction of sp³-hybridized carbons (Fsp3) is 0.345. The molecule has 0 saturated carbocycles. The van der Waals surface area contributed by atoms with Crippen molar-refractivity contribution in [3.63, 3.8) is 0 Å². The molecular formula is C29H31F3N4O3. The van der Waals surface area contributed by atoms with Crippen LogP contribution in [-0.2, 0) is 22.2 Å². The summed E-state index contributed by atoms with van der Waals surface area (Å²) in [7, 11) is 1.65. The number of halogens is 3. The molecule has 2 heterocycles. The highest BCUT2D eigenvalue weighted by atomic mass is 19.4. The molecule has 0 fully saturated rings. The van der Waals surface area contributed by atoms with E-state index in [0.29, 0.717) is 0 Å². The lowest BCUT2D eigenvalue weighted by Gasteiger charge is -2.34. The molecular weight excluding hydrogens is 509 g/mol. The van der Waals surface area contributed by atoms with Gasteiger partial charge in [0.1, 0.15) is 6.04 Å². The number of urea groups is 1. The number of benzene rings is 2. The van der Waals surface area contributed by atoms with Crippen LogP contribution in [0, 0.1) is 0 Å². The molecule has 2 aromatic carbocycles. The Kier molecular flexibility index (Phi) is 7.85. The second-order valence-electron chi connectivity index (χ2n) is 9.91. The third-order valence-corrected chi connectivity index (χ3v) is 7.19. The Bertz CT molecular complexity index is 1310. The molecule has 2 aliphatic rings. The van der Waals surface area contributed by atoms with Crippen molar-refractivity contribution in [2.45, 2.75) is 44.6 Å². The number of carbonyl (C=O) groups is 3. The van der Waals surface area contributed by atoms with Crippen LogP contribution < -0.4 is 5.32 Å². The predicted molar refractivity (Wildman–Crippen MR) is 140 cm³/mol. The minimum absolute atomic E-state index is 0.0196. The molecule has 206 valence electrons. The average Bonchev–Trinajstić information content (AvgIpc) is 3.24. The number of alkyl halides is 3. The first kappa shape index (κ1) is 27.9. The molecule has 2 aliphatic heterocycles. The SMILES string of the molecule is C=CCN1C(=O)N[C@H](c2ccccc2C(F)(F)F)C2=C1CN([C@@H](Cc1ccccc1)C(=O)N(C)C(C)C)C2=O. The van der Waals surface area contributed by atoms with Gasteiger partial charge in [-0.3, -0.25) is 14.5 Å². The van der Waals surface area contributed by atoms with Crippen LogP contribution in [0.5, 0.6) is 0 Å². The molecule has 7 nitrogen and oxygen atoms in total. The predicted octanol–water partition coefficient (Wildman–Crippen LogP) is 4.53. The third-order valence-electron chi connectivity index (χ3n) is 7.19. The van der Waals surface area contributed by atoms with Gasteiger partial charge in [-0.15, -0.1) is 6.58 Å². The zero-order valence-corrected chi connectivity index (χ0v) is 22.0. The van der Waals surface area contributed by atoms with Crippen LogP contribution in [0.1, 0.15) is 36.6 Å². The van der Waals surface area contributed by atoms with Crippen molar-refractivity contribution < 1.29 is 27.6 Å². The highest BCUT2D eigenvalue weighted by Crippen LogP contribution is 2.42. The summed E-state index contributed by atoms with van der Waals surface area (Å²) < 4.78 is 41.9. The summed E-state index contributed by atoms with van der Waals surface area (Å²) >= 11 is 0. The van der Waals surface area contributed by atoms with Gasteiger partial charge in [0.25, 0.3) is 5.91 Å². The normalized spacial score (nSPS) is 18.3. The van der Waals surface area contributed by atoms with Crippen molar-refractivity contribution in [1.29, 1.82) is 0 Å². The molecule has 2 aromatic rings. The number of amides is 4. The highest BCUT2D eigenvalue weighted by molar-refractivity contribution is 6.03. The molecule has 4 amide bonds. The second kappa shape index (κ2) is 11.0. The first-order valence-electron chi connectivity index (χ1n) is 12.6. The Hall–Kier alpha value is -4.08. The molecule has 39 heavy (non-hydrogen) atoms. The first-order chi connectivity index (χ1) is 18.5. The van der Waals surface area contributed by atoms with Crippen LogP contribution in [0.3, 0.4) is 0 Å². The molecule has 4 rings (SSSR count). The highest BCUT2D eigenvalue weighted by Gasteiger charge is 2.49. The number of nitrogens with zero attached hydrogens (tertiary/aromatic N) is 3. The Labute approximate surface area is 225 Å². The minimum Gasteiger partial charge on any atom is -0.342 e. The summed E-state index contributed by atoms with van der Waals surface area (Å²) in [5.74, 6) is -0.892. The lowest BCUT2D eigenvalue weighted by atomic mass is 9.91. The fourth-order valence-corrected chi connectivity index (χ4v) is 4.99. The minimum atomic E-state index is -4.70. The largest absolute Gasteiger partial charge is 0.416 e. The number of likely N-dealkylation sites (N-methyl/N-ethyl adjacent to an activating group) is 1. The van der Waals surface area contributed by atoms with Crippen molar-refractivity contribution in [2.24, 2.45) is 0 Å². The van der Waals surface area contributed by atoms with Crippen molar-refractivity contribution >= 4 is 17.8 Å². The number of hydrogen-bond acceptors (Lipinski definition) is 3.